The second kappa shape index (κ2) is 9.20. The first-order chi connectivity index (χ1) is 13.7. The Kier molecular flexibility index (Phi) is 6.44. The second-order valence-electron chi connectivity index (χ2n) is 7.73. The van der Waals surface area contributed by atoms with Crippen LogP contribution in [0.4, 0.5) is 5.82 Å². The molecule has 0 radical (unpaired) electrons. The molecule has 4 rings (SSSR count). The number of hydrogen-bond donors (Lipinski definition) is 0. The smallest absolute Gasteiger partial charge is 0.189 e. The van der Waals surface area contributed by atoms with E-state index in [9.17, 15) is 0 Å². The fraction of sp³-hybridized carbons (Fsp3) is 0.571. The number of likely N-dealkylation sites (N-methyl/N-ethyl adjacent to an activating group) is 1. The lowest BCUT2D eigenvalue weighted by Crippen LogP contribution is -2.45. The van der Waals surface area contributed by atoms with Gasteiger partial charge in [-0.05, 0) is 44.8 Å². The molecule has 4 heterocycles. The zero-order valence-corrected chi connectivity index (χ0v) is 17.7. The van der Waals surface area contributed by atoms with Gasteiger partial charge in [-0.15, -0.1) is 0 Å². The molecule has 6 nitrogen and oxygen atoms in total. The summed E-state index contributed by atoms with van der Waals surface area (Å²) in [6.07, 6.45) is 7.65. The fourth-order valence-electron chi connectivity index (χ4n) is 4.13. The molecule has 2 aliphatic rings. The monoisotopic (exact) mass is 398 g/mol. The van der Waals surface area contributed by atoms with E-state index < -0.39 is 0 Å². The van der Waals surface area contributed by atoms with Crippen LogP contribution in [-0.2, 0) is 6.54 Å². The zero-order valence-electron chi connectivity index (χ0n) is 16.9. The van der Waals surface area contributed by atoms with Gasteiger partial charge < -0.3 is 9.80 Å². The standard InChI is InChI=1S/C21H30N6S/c1-25-11-13-26(14-12-25)20-15-17(23-21(24-20)28-2)16-27-10-6-4-8-19(27)18-7-3-5-9-22-18/h3,5,7,9,15,19H,4,6,8,10-14,16H2,1-2H3. The highest BCUT2D eigenvalue weighted by atomic mass is 32.2. The van der Waals surface area contributed by atoms with Crippen molar-refractivity contribution in [1.29, 1.82) is 0 Å². The number of piperidine rings is 1. The summed E-state index contributed by atoms with van der Waals surface area (Å²) in [7, 11) is 2.18. The van der Waals surface area contributed by atoms with Crippen molar-refractivity contribution in [3.63, 3.8) is 0 Å². The van der Waals surface area contributed by atoms with Crippen molar-refractivity contribution < 1.29 is 0 Å². The third kappa shape index (κ3) is 4.64. The highest BCUT2D eigenvalue weighted by Gasteiger charge is 2.26. The third-order valence-corrected chi connectivity index (χ3v) is 6.31. The molecule has 1 unspecified atom stereocenters. The molecule has 0 amide bonds. The van der Waals surface area contributed by atoms with Crippen molar-refractivity contribution in [1.82, 2.24) is 24.8 Å². The molecule has 0 saturated carbocycles. The maximum Gasteiger partial charge on any atom is 0.189 e. The maximum absolute atomic E-state index is 4.84. The lowest BCUT2D eigenvalue weighted by atomic mass is 9.98. The van der Waals surface area contributed by atoms with Crippen LogP contribution < -0.4 is 4.90 Å². The van der Waals surface area contributed by atoms with Crippen LogP contribution >= 0.6 is 11.8 Å². The Morgan fingerprint density at radius 2 is 1.93 bits per heavy atom. The Labute approximate surface area is 172 Å². The molecular weight excluding hydrogens is 368 g/mol. The van der Waals surface area contributed by atoms with Crippen molar-refractivity contribution >= 4 is 17.6 Å². The first-order valence-electron chi connectivity index (χ1n) is 10.2. The van der Waals surface area contributed by atoms with E-state index in [0.29, 0.717) is 6.04 Å². The highest BCUT2D eigenvalue weighted by molar-refractivity contribution is 7.98. The van der Waals surface area contributed by atoms with Gasteiger partial charge in [0.1, 0.15) is 5.82 Å². The minimum atomic E-state index is 0.384. The first kappa shape index (κ1) is 19.6. The lowest BCUT2D eigenvalue weighted by Gasteiger charge is -2.36. The topological polar surface area (TPSA) is 48.4 Å². The highest BCUT2D eigenvalue weighted by Crippen LogP contribution is 2.31. The third-order valence-electron chi connectivity index (χ3n) is 5.76. The van der Waals surface area contributed by atoms with E-state index in [1.165, 1.54) is 25.0 Å². The number of aromatic nitrogens is 3. The Bertz CT molecular complexity index is 763. The normalized spacial score (nSPS) is 21.8. The molecule has 2 fully saturated rings. The van der Waals surface area contributed by atoms with Crippen LogP contribution in [0.1, 0.15) is 36.7 Å². The fourth-order valence-corrected chi connectivity index (χ4v) is 4.52. The zero-order chi connectivity index (χ0) is 19.3. The molecule has 0 aliphatic carbocycles. The van der Waals surface area contributed by atoms with Gasteiger partial charge in [0, 0.05) is 45.0 Å². The van der Waals surface area contributed by atoms with Crippen molar-refractivity contribution in [2.75, 3.05) is 50.9 Å². The van der Waals surface area contributed by atoms with Gasteiger partial charge in [0.2, 0.25) is 0 Å². The van der Waals surface area contributed by atoms with Gasteiger partial charge in [0.25, 0.3) is 0 Å². The number of hydrogen-bond acceptors (Lipinski definition) is 7. The molecule has 2 aliphatic heterocycles. The second-order valence-corrected chi connectivity index (χ2v) is 8.50. The molecule has 7 heteroatoms. The largest absolute Gasteiger partial charge is 0.354 e. The molecule has 1 atom stereocenters. The first-order valence-corrected chi connectivity index (χ1v) is 11.5. The average Bonchev–Trinajstić information content (AvgIpc) is 2.75. The van der Waals surface area contributed by atoms with Gasteiger partial charge in [-0.25, -0.2) is 9.97 Å². The van der Waals surface area contributed by atoms with Gasteiger partial charge in [-0.2, -0.15) is 0 Å². The summed E-state index contributed by atoms with van der Waals surface area (Å²) in [4.78, 5) is 21.6. The number of nitrogens with zero attached hydrogens (tertiary/aromatic N) is 6. The number of rotatable bonds is 5. The number of piperazine rings is 1. The summed E-state index contributed by atoms with van der Waals surface area (Å²) in [5.41, 5.74) is 2.30. The average molecular weight is 399 g/mol. The lowest BCUT2D eigenvalue weighted by molar-refractivity contribution is 0.135. The summed E-state index contributed by atoms with van der Waals surface area (Å²) in [5, 5.41) is 0.873. The van der Waals surface area contributed by atoms with E-state index in [4.69, 9.17) is 9.97 Å². The van der Waals surface area contributed by atoms with Gasteiger partial charge >= 0.3 is 0 Å². The Hall–Kier alpha value is -1.70. The number of anilines is 1. The predicted molar refractivity (Wildman–Crippen MR) is 115 cm³/mol. The molecule has 0 spiro atoms. The maximum atomic E-state index is 4.84. The number of thioether (sulfide) groups is 1. The van der Waals surface area contributed by atoms with Crippen molar-refractivity contribution in [2.45, 2.75) is 37.0 Å². The van der Waals surface area contributed by atoms with Crippen LogP contribution in [0.3, 0.4) is 0 Å². The van der Waals surface area contributed by atoms with Crippen LogP contribution in [0.2, 0.25) is 0 Å². The Morgan fingerprint density at radius 3 is 2.68 bits per heavy atom. The van der Waals surface area contributed by atoms with E-state index in [1.807, 2.05) is 12.3 Å². The number of likely N-dealkylation sites (tertiary alicyclic amines) is 1. The van der Waals surface area contributed by atoms with E-state index >= 15 is 0 Å². The van der Waals surface area contributed by atoms with E-state index in [-0.39, 0.29) is 0 Å². The summed E-state index contributed by atoms with van der Waals surface area (Å²) in [6.45, 7) is 6.19. The van der Waals surface area contributed by atoms with Gasteiger partial charge in [0.05, 0.1) is 17.4 Å². The Balaban J connectivity index is 1.55. The minimum absolute atomic E-state index is 0.384. The van der Waals surface area contributed by atoms with Crippen LogP contribution in [0.25, 0.3) is 0 Å². The van der Waals surface area contributed by atoms with Crippen LogP contribution in [-0.4, -0.2) is 70.8 Å². The summed E-state index contributed by atoms with van der Waals surface area (Å²) >= 11 is 1.63. The van der Waals surface area contributed by atoms with E-state index in [2.05, 4.69) is 51.2 Å². The Morgan fingerprint density at radius 1 is 1.07 bits per heavy atom. The molecule has 2 saturated heterocycles. The van der Waals surface area contributed by atoms with Crippen molar-refractivity contribution in [2.24, 2.45) is 0 Å². The molecule has 0 N–H and O–H groups in total. The van der Waals surface area contributed by atoms with Gasteiger partial charge in [0.15, 0.2) is 5.16 Å². The molecule has 150 valence electrons. The van der Waals surface area contributed by atoms with Crippen molar-refractivity contribution in [3.8, 4) is 0 Å². The SMILES string of the molecule is CSc1nc(CN2CCCCC2c2ccccn2)cc(N2CCN(C)CC2)n1. The van der Waals surface area contributed by atoms with Crippen molar-refractivity contribution in [3.05, 3.63) is 41.9 Å². The quantitative estimate of drug-likeness (QED) is 0.567. The predicted octanol–water partition coefficient (Wildman–Crippen LogP) is 3.07. The van der Waals surface area contributed by atoms with E-state index in [1.54, 1.807) is 11.8 Å². The molecule has 2 aromatic heterocycles. The summed E-state index contributed by atoms with van der Waals surface area (Å²) < 4.78 is 0. The van der Waals surface area contributed by atoms with Crippen LogP contribution in [0.15, 0.2) is 35.6 Å². The van der Waals surface area contributed by atoms with Crippen LogP contribution in [0, 0.1) is 0 Å². The molecule has 0 bridgehead atoms. The summed E-state index contributed by atoms with van der Waals surface area (Å²) in [5.74, 6) is 1.08. The van der Waals surface area contributed by atoms with E-state index in [0.717, 1.165) is 55.9 Å². The van der Waals surface area contributed by atoms with Gasteiger partial charge in [-0.1, -0.05) is 24.2 Å². The minimum Gasteiger partial charge on any atom is -0.354 e. The summed E-state index contributed by atoms with van der Waals surface area (Å²) in [6, 6.07) is 8.83. The van der Waals surface area contributed by atoms with Crippen LogP contribution in [0.5, 0.6) is 0 Å². The molecule has 2 aromatic rings. The molecule has 28 heavy (non-hydrogen) atoms. The molecule has 0 aromatic carbocycles. The number of pyridine rings is 1. The van der Waals surface area contributed by atoms with Gasteiger partial charge in [-0.3, -0.25) is 9.88 Å². The molecular formula is C21H30N6S.